The predicted molar refractivity (Wildman–Crippen MR) is 77.5 cm³/mol. The number of benzene rings is 1. The number of amides is 1. The van der Waals surface area contributed by atoms with E-state index in [-0.39, 0.29) is 5.91 Å². The number of aryl methyl sites for hydroxylation is 1. The van der Waals surface area contributed by atoms with E-state index in [4.69, 9.17) is 4.74 Å². The number of thioether (sulfide) groups is 1. The Morgan fingerprint density at radius 2 is 2.20 bits per heavy atom. The molecule has 1 N–H and O–H groups in total. The minimum absolute atomic E-state index is 0.279. The zero-order chi connectivity index (χ0) is 14.7. The smallest absolute Gasteiger partial charge is 0.327 e. The summed E-state index contributed by atoms with van der Waals surface area (Å²) >= 11 is 1.55. The average Bonchev–Trinajstić information content (AvgIpc) is 2.46. The van der Waals surface area contributed by atoms with E-state index < -0.39 is 12.0 Å². The maximum absolute atomic E-state index is 12.6. The van der Waals surface area contributed by atoms with Gasteiger partial charge in [0.15, 0.2) is 0 Å². The SMILES string of the molecule is COc1ccc(C)cc1C(=O)N1CCSCC1C(=O)O. The number of methoxy groups -OCH3 is 1. The second-order valence-corrected chi connectivity index (χ2v) is 5.78. The van der Waals surface area contributed by atoms with Gasteiger partial charge >= 0.3 is 5.97 Å². The molecule has 1 amide bonds. The zero-order valence-corrected chi connectivity index (χ0v) is 12.3. The van der Waals surface area contributed by atoms with Gasteiger partial charge in [0.1, 0.15) is 11.8 Å². The first-order valence-corrected chi connectivity index (χ1v) is 7.46. The van der Waals surface area contributed by atoms with E-state index in [9.17, 15) is 14.7 Å². The van der Waals surface area contributed by atoms with Gasteiger partial charge in [-0.1, -0.05) is 11.6 Å². The molecule has 1 fully saturated rings. The third-order valence-electron chi connectivity index (χ3n) is 3.26. The Morgan fingerprint density at radius 1 is 1.45 bits per heavy atom. The van der Waals surface area contributed by atoms with Crippen molar-refractivity contribution in [2.45, 2.75) is 13.0 Å². The summed E-state index contributed by atoms with van der Waals surface area (Å²) in [6, 6.07) is 4.56. The fourth-order valence-electron chi connectivity index (χ4n) is 2.20. The summed E-state index contributed by atoms with van der Waals surface area (Å²) < 4.78 is 5.21. The van der Waals surface area contributed by atoms with Crippen molar-refractivity contribution in [3.8, 4) is 5.75 Å². The minimum Gasteiger partial charge on any atom is -0.496 e. The van der Waals surface area contributed by atoms with Crippen molar-refractivity contribution in [3.05, 3.63) is 29.3 Å². The van der Waals surface area contributed by atoms with Gasteiger partial charge in [-0.15, -0.1) is 0 Å². The van der Waals surface area contributed by atoms with Crippen LogP contribution in [-0.2, 0) is 4.79 Å². The van der Waals surface area contributed by atoms with Crippen molar-refractivity contribution in [2.75, 3.05) is 25.2 Å². The van der Waals surface area contributed by atoms with Gasteiger partial charge in [-0.2, -0.15) is 11.8 Å². The van der Waals surface area contributed by atoms with Gasteiger partial charge in [0, 0.05) is 18.1 Å². The minimum atomic E-state index is -0.961. The Morgan fingerprint density at radius 3 is 2.85 bits per heavy atom. The van der Waals surface area contributed by atoms with Crippen LogP contribution in [0.1, 0.15) is 15.9 Å². The molecule has 20 heavy (non-hydrogen) atoms. The van der Waals surface area contributed by atoms with Gasteiger partial charge in [0.25, 0.3) is 5.91 Å². The first-order chi connectivity index (χ1) is 9.54. The first-order valence-electron chi connectivity index (χ1n) is 6.30. The van der Waals surface area contributed by atoms with Crippen LogP contribution in [-0.4, -0.2) is 53.1 Å². The summed E-state index contributed by atoms with van der Waals surface area (Å²) in [5, 5.41) is 9.25. The number of carbonyl (C=O) groups excluding carboxylic acids is 1. The molecular formula is C14H17NO4S. The van der Waals surface area contributed by atoms with Crippen LogP contribution in [0.4, 0.5) is 0 Å². The van der Waals surface area contributed by atoms with E-state index in [1.54, 1.807) is 23.9 Å². The third-order valence-corrected chi connectivity index (χ3v) is 4.28. The van der Waals surface area contributed by atoms with Gasteiger partial charge in [-0.25, -0.2) is 4.79 Å². The van der Waals surface area contributed by atoms with Crippen LogP contribution in [0.5, 0.6) is 5.75 Å². The molecule has 1 saturated heterocycles. The molecule has 0 spiro atoms. The highest BCUT2D eigenvalue weighted by Crippen LogP contribution is 2.25. The quantitative estimate of drug-likeness (QED) is 0.918. The third kappa shape index (κ3) is 2.90. The lowest BCUT2D eigenvalue weighted by Crippen LogP contribution is -2.50. The maximum Gasteiger partial charge on any atom is 0.327 e. The molecule has 1 aliphatic heterocycles. The Bertz CT molecular complexity index is 532. The average molecular weight is 295 g/mol. The van der Waals surface area contributed by atoms with E-state index in [1.807, 2.05) is 13.0 Å². The van der Waals surface area contributed by atoms with E-state index >= 15 is 0 Å². The molecule has 1 aromatic carbocycles. The normalized spacial score (nSPS) is 18.7. The Balaban J connectivity index is 2.34. The number of carboxylic acid groups (broad SMARTS) is 1. The number of carboxylic acids is 1. The summed E-state index contributed by atoms with van der Waals surface area (Å²) in [5.74, 6) is 0.414. The van der Waals surface area contributed by atoms with Crippen LogP contribution in [0.2, 0.25) is 0 Å². The van der Waals surface area contributed by atoms with Crippen molar-refractivity contribution < 1.29 is 19.4 Å². The lowest BCUT2D eigenvalue weighted by atomic mass is 10.1. The molecule has 1 aliphatic rings. The summed E-state index contributed by atoms with van der Waals surface area (Å²) in [4.78, 5) is 25.3. The standard InChI is InChI=1S/C14H17NO4S/c1-9-3-4-12(19-2)10(7-9)13(16)15-5-6-20-8-11(15)14(17)18/h3-4,7,11H,5-6,8H2,1-2H3,(H,17,18). The van der Waals surface area contributed by atoms with Gasteiger partial charge in [-0.3, -0.25) is 4.79 Å². The second kappa shape index (κ2) is 6.17. The fraction of sp³-hybridized carbons (Fsp3) is 0.429. The first kappa shape index (κ1) is 14.7. The van der Waals surface area contributed by atoms with Crippen LogP contribution in [0.15, 0.2) is 18.2 Å². The van der Waals surface area contributed by atoms with Crippen molar-refractivity contribution in [1.82, 2.24) is 4.90 Å². The number of ether oxygens (including phenoxy) is 1. The van der Waals surface area contributed by atoms with Crippen LogP contribution < -0.4 is 4.74 Å². The highest BCUT2D eigenvalue weighted by Gasteiger charge is 2.33. The van der Waals surface area contributed by atoms with Crippen LogP contribution >= 0.6 is 11.8 Å². The highest BCUT2D eigenvalue weighted by molar-refractivity contribution is 7.99. The summed E-state index contributed by atoms with van der Waals surface area (Å²) in [6.07, 6.45) is 0. The van der Waals surface area contributed by atoms with Crippen molar-refractivity contribution in [1.29, 1.82) is 0 Å². The summed E-state index contributed by atoms with van der Waals surface area (Å²) in [5.41, 5.74) is 1.36. The lowest BCUT2D eigenvalue weighted by Gasteiger charge is -2.33. The molecule has 0 radical (unpaired) electrons. The fourth-order valence-corrected chi connectivity index (χ4v) is 3.23. The number of hydrogen-bond acceptors (Lipinski definition) is 4. The van der Waals surface area contributed by atoms with Crippen molar-refractivity contribution in [3.63, 3.8) is 0 Å². The number of carbonyl (C=O) groups is 2. The molecule has 1 unspecified atom stereocenters. The van der Waals surface area contributed by atoms with Crippen LogP contribution in [0, 0.1) is 6.92 Å². The molecule has 1 aromatic rings. The Hall–Kier alpha value is -1.69. The van der Waals surface area contributed by atoms with E-state index in [2.05, 4.69) is 0 Å². The number of rotatable bonds is 3. The maximum atomic E-state index is 12.6. The molecule has 108 valence electrons. The molecule has 5 nitrogen and oxygen atoms in total. The largest absolute Gasteiger partial charge is 0.496 e. The topological polar surface area (TPSA) is 66.8 Å². The Labute approximate surface area is 121 Å². The van der Waals surface area contributed by atoms with Gasteiger partial charge in [-0.05, 0) is 19.1 Å². The molecule has 1 heterocycles. The van der Waals surface area contributed by atoms with E-state index in [0.29, 0.717) is 23.6 Å². The number of aliphatic carboxylic acids is 1. The summed E-state index contributed by atoms with van der Waals surface area (Å²) in [6.45, 7) is 2.33. The molecule has 0 bridgehead atoms. The van der Waals surface area contributed by atoms with Gasteiger partial charge < -0.3 is 14.7 Å². The van der Waals surface area contributed by atoms with E-state index in [1.165, 1.54) is 12.0 Å². The monoisotopic (exact) mass is 295 g/mol. The van der Waals surface area contributed by atoms with Gasteiger partial charge in [0.05, 0.1) is 12.7 Å². The van der Waals surface area contributed by atoms with Crippen LogP contribution in [0.25, 0.3) is 0 Å². The predicted octanol–water partition coefficient (Wildman–Crippen LogP) is 1.65. The van der Waals surface area contributed by atoms with Crippen molar-refractivity contribution >= 4 is 23.6 Å². The second-order valence-electron chi connectivity index (χ2n) is 4.63. The molecule has 0 saturated carbocycles. The molecule has 1 atom stereocenters. The number of hydrogen-bond donors (Lipinski definition) is 1. The van der Waals surface area contributed by atoms with Gasteiger partial charge in [0.2, 0.25) is 0 Å². The molecular weight excluding hydrogens is 278 g/mol. The zero-order valence-electron chi connectivity index (χ0n) is 11.5. The van der Waals surface area contributed by atoms with Crippen molar-refractivity contribution in [2.24, 2.45) is 0 Å². The van der Waals surface area contributed by atoms with E-state index in [0.717, 1.165) is 11.3 Å². The molecule has 0 aromatic heterocycles. The highest BCUT2D eigenvalue weighted by atomic mass is 32.2. The number of nitrogens with zero attached hydrogens (tertiary/aromatic N) is 1. The summed E-state index contributed by atoms with van der Waals surface area (Å²) in [7, 11) is 1.50. The molecule has 0 aliphatic carbocycles. The Kier molecular flexibility index (Phi) is 4.54. The van der Waals surface area contributed by atoms with Crippen LogP contribution in [0.3, 0.4) is 0 Å². The molecule has 6 heteroatoms. The lowest BCUT2D eigenvalue weighted by molar-refractivity contribution is -0.141. The molecule has 2 rings (SSSR count).